The van der Waals surface area contributed by atoms with E-state index in [0.29, 0.717) is 5.92 Å². The van der Waals surface area contributed by atoms with Crippen molar-refractivity contribution in [3.63, 3.8) is 0 Å². The van der Waals surface area contributed by atoms with Crippen molar-refractivity contribution in [3.8, 4) is 0 Å². The van der Waals surface area contributed by atoms with Crippen molar-refractivity contribution in [3.05, 3.63) is 33.8 Å². The molecule has 0 saturated heterocycles. The fraction of sp³-hybridized carbons (Fsp3) is 0.533. The molecular weight excluding hydrogens is 290 g/mol. The highest BCUT2D eigenvalue weighted by molar-refractivity contribution is 9.10. The third kappa shape index (κ3) is 4.13. The van der Waals surface area contributed by atoms with Gasteiger partial charge in [-0.2, -0.15) is 0 Å². The number of amides is 1. The Kier molecular flexibility index (Phi) is 5.86. The van der Waals surface area contributed by atoms with Crippen LogP contribution >= 0.6 is 15.9 Å². The summed E-state index contributed by atoms with van der Waals surface area (Å²) in [7, 11) is 0. The Hall–Kier alpha value is -0.830. The van der Waals surface area contributed by atoms with Gasteiger partial charge in [0.2, 0.25) is 0 Å². The van der Waals surface area contributed by atoms with Gasteiger partial charge in [0.1, 0.15) is 0 Å². The van der Waals surface area contributed by atoms with E-state index in [2.05, 4.69) is 29.8 Å². The molecule has 0 aliphatic rings. The van der Waals surface area contributed by atoms with Gasteiger partial charge in [-0.1, -0.05) is 36.2 Å². The third-order valence-electron chi connectivity index (χ3n) is 3.19. The summed E-state index contributed by atoms with van der Waals surface area (Å²) in [6, 6.07) is 5.86. The van der Waals surface area contributed by atoms with Gasteiger partial charge >= 0.3 is 0 Å². The zero-order chi connectivity index (χ0) is 13.7. The molecule has 2 nitrogen and oxygen atoms in total. The number of carbonyl (C=O) groups excluding carboxylic acids is 1. The minimum Gasteiger partial charge on any atom is -0.339 e. The number of nitrogens with zero attached hydrogens (tertiary/aromatic N) is 1. The maximum atomic E-state index is 12.4. The average Bonchev–Trinajstić information content (AvgIpc) is 2.33. The van der Waals surface area contributed by atoms with E-state index in [0.717, 1.165) is 35.1 Å². The summed E-state index contributed by atoms with van der Waals surface area (Å²) in [5.41, 5.74) is 1.87. The van der Waals surface area contributed by atoms with Crippen LogP contribution in [0.1, 0.15) is 43.1 Å². The minimum absolute atomic E-state index is 0.127. The lowest BCUT2D eigenvalue weighted by atomic mass is 10.1. The van der Waals surface area contributed by atoms with Gasteiger partial charge < -0.3 is 4.90 Å². The van der Waals surface area contributed by atoms with Crippen molar-refractivity contribution < 1.29 is 4.79 Å². The highest BCUT2D eigenvalue weighted by Gasteiger charge is 2.16. The molecule has 0 bridgehead atoms. The van der Waals surface area contributed by atoms with Gasteiger partial charge in [-0.05, 0) is 43.5 Å². The van der Waals surface area contributed by atoms with Crippen molar-refractivity contribution >= 4 is 21.8 Å². The van der Waals surface area contributed by atoms with E-state index < -0.39 is 0 Å². The second kappa shape index (κ2) is 6.93. The molecule has 0 aliphatic carbocycles. The molecule has 0 radical (unpaired) electrons. The summed E-state index contributed by atoms with van der Waals surface area (Å²) in [6.07, 6.45) is 1.10. The lowest BCUT2D eigenvalue weighted by Gasteiger charge is -2.24. The number of rotatable bonds is 5. The quantitative estimate of drug-likeness (QED) is 0.795. The smallest absolute Gasteiger partial charge is 0.253 e. The van der Waals surface area contributed by atoms with Crippen molar-refractivity contribution in [1.82, 2.24) is 4.90 Å². The fourth-order valence-corrected chi connectivity index (χ4v) is 2.51. The topological polar surface area (TPSA) is 20.3 Å². The van der Waals surface area contributed by atoms with Crippen LogP contribution in [0, 0.1) is 12.8 Å². The Balaban J connectivity index is 2.89. The summed E-state index contributed by atoms with van der Waals surface area (Å²) in [5.74, 6) is 0.671. The Labute approximate surface area is 119 Å². The van der Waals surface area contributed by atoms with E-state index >= 15 is 0 Å². The van der Waals surface area contributed by atoms with Crippen molar-refractivity contribution in [2.45, 2.75) is 34.1 Å². The van der Waals surface area contributed by atoms with Crippen LogP contribution in [0.15, 0.2) is 22.7 Å². The number of halogens is 1. The fourth-order valence-electron chi connectivity index (χ4n) is 1.90. The summed E-state index contributed by atoms with van der Waals surface area (Å²) < 4.78 is 0.963. The number of benzene rings is 1. The highest BCUT2D eigenvalue weighted by atomic mass is 79.9. The van der Waals surface area contributed by atoms with Gasteiger partial charge in [-0.3, -0.25) is 4.79 Å². The predicted octanol–water partition coefficient (Wildman–Crippen LogP) is 4.27. The van der Waals surface area contributed by atoms with Gasteiger partial charge in [0.05, 0.1) is 0 Å². The Morgan fingerprint density at radius 3 is 2.50 bits per heavy atom. The van der Waals surface area contributed by atoms with E-state index in [1.807, 2.05) is 36.9 Å². The zero-order valence-electron chi connectivity index (χ0n) is 11.7. The van der Waals surface area contributed by atoms with Crippen molar-refractivity contribution in [2.24, 2.45) is 5.92 Å². The molecule has 0 spiro atoms. The van der Waals surface area contributed by atoms with Gasteiger partial charge in [0.25, 0.3) is 5.91 Å². The predicted molar refractivity (Wildman–Crippen MR) is 79.9 cm³/mol. The molecule has 1 unspecified atom stereocenters. The van der Waals surface area contributed by atoms with Crippen LogP contribution in [0.25, 0.3) is 0 Å². The molecule has 0 saturated carbocycles. The number of hydrogen-bond acceptors (Lipinski definition) is 1. The SMILES string of the molecule is CCC(C)CN(CC)C(=O)c1cc(C)cc(Br)c1. The van der Waals surface area contributed by atoms with Gasteiger partial charge in [0, 0.05) is 23.1 Å². The van der Waals surface area contributed by atoms with Crippen LogP contribution < -0.4 is 0 Å². The molecule has 1 amide bonds. The number of aryl methyl sites for hydroxylation is 1. The van der Waals surface area contributed by atoms with Gasteiger partial charge in [0.15, 0.2) is 0 Å². The maximum absolute atomic E-state index is 12.4. The molecule has 100 valence electrons. The van der Waals surface area contributed by atoms with E-state index in [4.69, 9.17) is 0 Å². The number of carbonyl (C=O) groups is 1. The third-order valence-corrected chi connectivity index (χ3v) is 3.64. The first-order valence-corrected chi connectivity index (χ1v) is 7.33. The molecule has 0 aromatic heterocycles. The Morgan fingerprint density at radius 1 is 1.33 bits per heavy atom. The second-order valence-corrected chi connectivity index (χ2v) is 5.79. The van der Waals surface area contributed by atoms with Gasteiger partial charge in [-0.25, -0.2) is 0 Å². The Bertz CT molecular complexity index is 397. The standard InChI is InChI=1S/C15H22BrNO/c1-5-11(3)10-17(6-2)15(18)13-7-12(4)8-14(16)9-13/h7-9,11H,5-6,10H2,1-4H3. The zero-order valence-corrected chi connectivity index (χ0v) is 13.3. The normalized spacial score (nSPS) is 12.3. The second-order valence-electron chi connectivity index (χ2n) is 4.87. The van der Waals surface area contributed by atoms with E-state index in [-0.39, 0.29) is 5.91 Å². The summed E-state index contributed by atoms with van der Waals surface area (Å²) in [5, 5.41) is 0. The molecule has 1 rings (SSSR count). The van der Waals surface area contributed by atoms with Crippen LogP contribution in [0.2, 0.25) is 0 Å². The molecular formula is C15H22BrNO. The maximum Gasteiger partial charge on any atom is 0.253 e. The molecule has 1 aromatic carbocycles. The van der Waals surface area contributed by atoms with Crippen LogP contribution in [-0.2, 0) is 0 Å². The van der Waals surface area contributed by atoms with Gasteiger partial charge in [-0.15, -0.1) is 0 Å². The molecule has 1 atom stereocenters. The lowest BCUT2D eigenvalue weighted by Crippen LogP contribution is -2.34. The first kappa shape index (κ1) is 15.2. The van der Waals surface area contributed by atoms with Crippen LogP contribution in [0.5, 0.6) is 0 Å². The summed E-state index contributed by atoms with van der Waals surface area (Å²) in [4.78, 5) is 14.4. The van der Waals surface area contributed by atoms with Crippen molar-refractivity contribution in [1.29, 1.82) is 0 Å². The molecule has 18 heavy (non-hydrogen) atoms. The van der Waals surface area contributed by atoms with E-state index in [9.17, 15) is 4.79 Å². The Morgan fingerprint density at radius 2 is 2.00 bits per heavy atom. The average molecular weight is 312 g/mol. The molecule has 0 heterocycles. The first-order valence-electron chi connectivity index (χ1n) is 6.54. The molecule has 0 N–H and O–H groups in total. The lowest BCUT2D eigenvalue weighted by molar-refractivity contribution is 0.0740. The van der Waals surface area contributed by atoms with Crippen LogP contribution in [-0.4, -0.2) is 23.9 Å². The largest absolute Gasteiger partial charge is 0.339 e. The minimum atomic E-state index is 0.127. The molecule has 0 aliphatic heterocycles. The van der Waals surface area contributed by atoms with E-state index in [1.54, 1.807) is 0 Å². The molecule has 0 fully saturated rings. The monoisotopic (exact) mass is 311 g/mol. The highest BCUT2D eigenvalue weighted by Crippen LogP contribution is 2.17. The van der Waals surface area contributed by atoms with Crippen molar-refractivity contribution in [2.75, 3.05) is 13.1 Å². The first-order chi connectivity index (χ1) is 8.47. The summed E-state index contributed by atoms with van der Waals surface area (Å²) in [6.45, 7) is 9.97. The van der Waals surface area contributed by atoms with Crippen LogP contribution in [0.3, 0.4) is 0 Å². The van der Waals surface area contributed by atoms with Crippen LogP contribution in [0.4, 0.5) is 0 Å². The summed E-state index contributed by atoms with van der Waals surface area (Å²) >= 11 is 3.45. The molecule has 1 aromatic rings. The van der Waals surface area contributed by atoms with E-state index in [1.165, 1.54) is 0 Å². The molecule has 3 heteroatoms. The number of hydrogen-bond donors (Lipinski definition) is 0.